The van der Waals surface area contributed by atoms with Crippen molar-refractivity contribution in [2.45, 2.75) is 17.4 Å². The number of hydrogen-bond donors (Lipinski definition) is 2. The maximum atomic E-state index is 10.4. The molecule has 0 unspecified atom stereocenters. The predicted molar refractivity (Wildman–Crippen MR) is 41.5 cm³/mol. The Morgan fingerprint density at radius 2 is 1.42 bits per heavy atom. The SMILES string of the molecule is [CH2]CCC(S(=O)(=O)O)S(=O)(=O)O. The second kappa shape index (κ2) is 3.69. The van der Waals surface area contributed by atoms with Gasteiger partial charge in [-0.2, -0.15) is 16.8 Å². The topological polar surface area (TPSA) is 109 Å². The van der Waals surface area contributed by atoms with E-state index in [4.69, 9.17) is 9.11 Å². The van der Waals surface area contributed by atoms with Crippen LogP contribution in [-0.4, -0.2) is 30.5 Å². The van der Waals surface area contributed by atoms with Crippen molar-refractivity contribution in [2.75, 3.05) is 0 Å². The summed E-state index contributed by atoms with van der Waals surface area (Å²) in [6.45, 7) is 3.20. The molecule has 0 aromatic rings. The molecule has 0 aliphatic heterocycles. The van der Waals surface area contributed by atoms with Crippen LogP contribution < -0.4 is 0 Å². The Kier molecular flexibility index (Phi) is 3.63. The van der Waals surface area contributed by atoms with Gasteiger partial charge < -0.3 is 0 Å². The second-order valence-corrected chi connectivity index (χ2v) is 5.60. The third-order valence-corrected chi connectivity index (χ3v) is 4.36. The van der Waals surface area contributed by atoms with Gasteiger partial charge in [0.1, 0.15) is 0 Å². The molecule has 0 saturated heterocycles. The first-order chi connectivity index (χ1) is 5.19. The average Bonchev–Trinajstić information content (AvgIpc) is 1.77. The van der Waals surface area contributed by atoms with Crippen LogP contribution in [0.4, 0.5) is 0 Å². The van der Waals surface area contributed by atoms with E-state index >= 15 is 0 Å². The van der Waals surface area contributed by atoms with E-state index in [0.29, 0.717) is 0 Å². The molecule has 0 spiro atoms. The van der Waals surface area contributed by atoms with Gasteiger partial charge in [-0.25, -0.2) is 0 Å². The standard InChI is InChI=1S/C4H9O6S2/c1-2-3-4(11(5,6)7)12(8,9)10/h4H,1-3H2,(H,5,6,7)(H,8,9,10). The van der Waals surface area contributed by atoms with E-state index in [0.717, 1.165) is 0 Å². The molecule has 0 aliphatic rings. The quantitative estimate of drug-likeness (QED) is 0.626. The minimum atomic E-state index is -4.76. The van der Waals surface area contributed by atoms with Gasteiger partial charge in [0.15, 0.2) is 0 Å². The zero-order chi connectivity index (χ0) is 9.99. The monoisotopic (exact) mass is 217 g/mol. The van der Waals surface area contributed by atoms with Crippen molar-refractivity contribution in [1.29, 1.82) is 0 Å². The van der Waals surface area contributed by atoms with Crippen LogP contribution in [-0.2, 0) is 20.2 Å². The van der Waals surface area contributed by atoms with E-state index in [1.54, 1.807) is 0 Å². The average molecular weight is 217 g/mol. The maximum Gasteiger partial charge on any atom is 0.284 e. The van der Waals surface area contributed by atoms with Crippen molar-refractivity contribution in [3.63, 3.8) is 0 Å². The Morgan fingerprint density at radius 1 is 1.08 bits per heavy atom. The van der Waals surface area contributed by atoms with Crippen LogP contribution >= 0.6 is 0 Å². The fraction of sp³-hybridized carbons (Fsp3) is 0.750. The highest BCUT2D eigenvalue weighted by atomic mass is 32.3. The molecule has 0 fully saturated rings. The Labute approximate surface area is 71.1 Å². The molecule has 0 aliphatic carbocycles. The largest absolute Gasteiger partial charge is 0.284 e. The van der Waals surface area contributed by atoms with E-state index in [2.05, 4.69) is 6.92 Å². The highest BCUT2D eigenvalue weighted by Gasteiger charge is 2.34. The summed E-state index contributed by atoms with van der Waals surface area (Å²) in [6, 6.07) is 0. The minimum Gasteiger partial charge on any atom is -0.284 e. The molecule has 8 heteroatoms. The Morgan fingerprint density at radius 3 is 1.50 bits per heavy atom. The molecule has 0 heterocycles. The summed E-state index contributed by atoms with van der Waals surface area (Å²) in [4.78, 5) is 0. The first-order valence-electron chi connectivity index (χ1n) is 2.91. The van der Waals surface area contributed by atoms with Crippen molar-refractivity contribution in [1.82, 2.24) is 0 Å². The summed E-state index contributed by atoms with van der Waals surface area (Å²) >= 11 is 0. The third kappa shape index (κ3) is 3.48. The lowest BCUT2D eigenvalue weighted by atomic mass is 10.4. The molecule has 0 amide bonds. The molecular weight excluding hydrogens is 208 g/mol. The highest BCUT2D eigenvalue weighted by Crippen LogP contribution is 2.12. The summed E-state index contributed by atoms with van der Waals surface area (Å²) in [5.41, 5.74) is 0. The van der Waals surface area contributed by atoms with Gasteiger partial charge in [-0.3, -0.25) is 9.11 Å². The van der Waals surface area contributed by atoms with Gasteiger partial charge in [0.05, 0.1) is 0 Å². The van der Waals surface area contributed by atoms with E-state index in [-0.39, 0.29) is 6.42 Å². The van der Waals surface area contributed by atoms with Crippen LogP contribution in [0.2, 0.25) is 0 Å². The van der Waals surface area contributed by atoms with Gasteiger partial charge in [0.2, 0.25) is 4.58 Å². The molecular formula is C4H9O6S2. The normalized spacial score (nSPS) is 13.7. The molecule has 12 heavy (non-hydrogen) atoms. The summed E-state index contributed by atoms with van der Waals surface area (Å²) in [7, 11) is -9.53. The smallest absolute Gasteiger partial charge is 0.284 e. The highest BCUT2D eigenvalue weighted by molar-refractivity contribution is 8.03. The molecule has 1 radical (unpaired) electrons. The summed E-state index contributed by atoms with van der Waals surface area (Å²) in [5, 5.41) is 0. The van der Waals surface area contributed by atoms with E-state index in [1.807, 2.05) is 0 Å². The van der Waals surface area contributed by atoms with Crippen LogP contribution in [0.3, 0.4) is 0 Å². The fourth-order valence-corrected chi connectivity index (χ4v) is 2.78. The van der Waals surface area contributed by atoms with Crippen molar-refractivity contribution >= 4 is 20.2 Å². The lowest BCUT2D eigenvalue weighted by Gasteiger charge is -2.07. The van der Waals surface area contributed by atoms with Gasteiger partial charge >= 0.3 is 0 Å². The first kappa shape index (κ1) is 11.8. The van der Waals surface area contributed by atoms with Crippen LogP contribution in [0, 0.1) is 6.92 Å². The number of rotatable bonds is 4. The van der Waals surface area contributed by atoms with Crippen LogP contribution in [0.1, 0.15) is 12.8 Å². The third-order valence-electron chi connectivity index (χ3n) is 1.10. The molecule has 0 aromatic heterocycles. The molecule has 0 saturated carbocycles. The van der Waals surface area contributed by atoms with E-state index in [9.17, 15) is 16.8 Å². The zero-order valence-electron chi connectivity index (χ0n) is 6.04. The van der Waals surface area contributed by atoms with Gasteiger partial charge in [0, 0.05) is 0 Å². The number of hydrogen-bond acceptors (Lipinski definition) is 4. The van der Waals surface area contributed by atoms with Crippen molar-refractivity contribution < 1.29 is 25.9 Å². The van der Waals surface area contributed by atoms with Crippen molar-refractivity contribution in [2.24, 2.45) is 0 Å². The lowest BCUT2D eigenvalue weighted by Crippen LogP contribution is -2.29. The second-order valence-electron chi connectivity index (χ2n) is 2.10. The predicted octanol–water partition coefficient (Wildman–Crippen LogP) is -0.298. The van der Waals surface area contributed by atoms with Gasteiger partial charge in [-0.05, 0) is 6.42 Å². The first-order valence-corrected chi connectivity index (χ1v) is 5.92. The minimum absolute atomic E-state index is 0.0236. The van der Waals surface area contributed by atoms with Crippen LogP contribution in [0.15, 0.2) is 0 Å². The lowest BCUT2D eigenvalue weighted by molar-refractivity contribution is 0.451. The summed E-state index contributed by atoms with van der Waals surface area (Å²) in [5.74, 6) is 0. The van der Waals surface area contributed by atoms with Gasteiger partial charge in [-0.15, -0.1) is 0 Å². The molecule has 0 aromatic carbocycles. The Bertz CT molecular complexity index is 293. The molecule has 6 nitrogen and oxygen atoms in total. The summed E-state index contributed by atoms with van der Waals surface area (Å²) in [6.07, 6.45) is -0.456. The molecule has 73 valence electrons. The van der Waals surface area contributed by atoms with Gasteiger partial charge in [-0.1, -0.05) is 13.3 Å². The summed E-state index contributed by atoms with van der Waals surface area (Å²) < 4.78 is 55.9. The van der Waals surface area contributed by atoms with Crippen LogP contribution in [0.25, 0.3) is 0 Å². The van der Waals surface area contributed by atoms with E-state index in [1.165, 1.54) is 0 Å². The van der Waals surface area contributed by atoms with Crippen LogP contribution in [0.5, 0.6) is 0 Å². The zero-order valence-corrected chi connectivity index (χ0v) is 7.68. The van der Waals surface area contributed by atoms with Crippen molar-refractivity contribution in [3.05, 3.63) is 6.92 Å². The Hall–Kier alpha value is -0.180. The fourth-order valence-electron chi connectivity index (χ4n) is 0.618. The molecule has 0 rings (SSSR count). The maximum absolute atomic E-state index is 10.4. The van der Waals surface area contributed by atoms with Crippen molar-refractivity contribution in [3.8, 4) is 0 Å². The van der Waals surface area contributed by atoms with Gasteiger partial charge in [0.25, 0.3) is 20.2 Å². The van der Waals surface area contributed by atoms with E-state index < -0.39 is 31.2 Å². The Balaban J connectivity index is 4.97. The molecule has 0 bridgehead atoms. The molecule has 2 N–H and O–H groups in total. The molecule has 0 atom stereocenters.